The number of ether oxygens (including phenoxy) is 5. The third kappa shape index (κ3) is 13.4. The summed E-state index contributed by atoms with van der Waals surface area (Å²) in [7, 11) is 0. The summed E-state index contributed by atoms with van der Waals surface area (Å²) in [6.45, 7) is 4.47. The first-order valence-corrected chi connectivity index (χ1v) is 14.4. The van der Waals surface area contributed by atoms with Crippen LogP contribution >= 0.6 is 0 Å². The second-order valence-electron chi connectivity index (χ2n) is 9.46. The SMILES string of the molecule is O=C(O)CCOCCOCCOCCOCCOCCNC(=O)CCC(=O)N1Cc2ccccc2C#Cc2ccccc21. The molecule has 0 atom stereocenters. The third-order valence-corrected chi connectivity index (χ3v) is 6.26. The van der Waals surface area contributed by atoms with Gasteiger partial charge < -0.3 is 39.0 Å². The fourth-order valence-electron chi connectivity index (χ4n) is 4.06. The van der Waals surface area contributed by atoms with Crippen molar-refractivity contribution in [2.45, 2.75) is 25.8 Å². The highest BCUT2D eigenvalue weighted by atomic mass is 16.6. The molecule has 43 heavy (non-hydrogen) atoms. The maximum atomic E-state index is 13.2. The van der Waals surface area contributed by atoms with Gasteiger partial charge in [-0.05, 0) is 23.8 Å². The summed E-state index contributed by atoms with van der Waals surface area (Å²) in [6, 6.07) is 15.3. The summed E-state index contributed by atoms with van der Waals surface area (Å²) in [5.41, 5.74) is 3.39. The highest BCUT2D eigenvalue weighted by Crippen LogP contribution is 2.26. The van der Waals surface area contributed by atoms with Crippen molar-refractivity contribution in [2.75, 3.05) is 77.5 Å². The molecule has 0 spiro atoms. The lowest BCUT2D eigenvalue weighted by atomic mass is 10.0. The molecule has 0 aromatic heterocycles. The zero-order valence-corrected chi connectivity index (χ0v) is 24.4. The van der Waals surface area contributed by atoms with Crippen molar-refractivity contribution < 1.29 is 43.2 Å². The summed E-state index contributed by atoms with van der Waals surface area (Å²) in [4.78, 5) is 37.6. The Labute approximate surface area is 252 Å². The maximum Gasteiger partial charge on any atom is 0.305 e. The van der Waals surface area contributed by atoms with E-state index in [2.05, 4.69) is 17.2 Å². The Kier molecular flexibility index (Phi) is 15.8. The van der Waals surface area contributed by atoms with Crippen molar-refractivity contribution in [3.63, 3.8) is 0 Å². The van der Waals surface area contributed by atoms with Crippen LogP contribution in [0.3, 0.4) is 0 Å². The number of aliphatic carboxylic acids is 1. The van der Waals surface area contributed by atoms with Gasteiger partial charge in [0.05, 0.1) is 84.7 Å². The van der Waals surface area contributed by atoms with Gasteiger partial charge in [-0.3, -0.25) is 14.4 Å². The molecular formula is C32H40N2O9. The van der Waals surface area contributed by atoms with E-state index in [1.165, 1.54) is 0 Å². The quantitative estimate of drug-likeness (QED) is 0.165. The molecule has 11 heteroatoms. The minimum absolute atomic E-state index is 0.0166. The Hall–Kier alpha value is -3.79. The van der Waals surface area contributed by atoms with E-state index < -0.39 is 5.97 Å². The average Bonchev–Trinajstić information content (AvgIpc) is 3.00. The fourth-order valence-corrected chi connectivity index (χ4v) is 4.06. The molecule has 1 heterocycles. The number of carbonyl (C=O) groups is 3. The molecule has 1 aliphatic rings. The smallest absolute Gasteiger partial charge is 0.305 e. The molecule has 0 saturated heterocycles. The van der Waals surface area contributed by atoms with E-state index in [0.29, 0.717) is 72.6 Å². The van der Waals surface area contributed by atoms with E-state index in [9.17, 15) is 14.4 Å². The Morgan fingerprint density at radius 1 is 0.674 bits per heavy atom. The summed E-state index contributed by atoms with van der Waals surface area (Å²) in [6.07, 6.45) is 0.151. The second-order valence-corrected chi connectivity index (χ2v) is 9.46. The Morgan fingerprint density at radius 3 is 1.86 bits per heavy atom. The van der Waals surface area contributed by atoms with Crippen LogP contribution in [0.4, 0.5) is 5.69 Å². The molecule has 232 valence electrons. The number of nitrogens with zero attached hydrogens (tertiary/aromatic N) is 1. The van der Waals surface area contributed by atoms with Crippen molar-refractivity contribution in [2.24, 2.45) is 0 Å². The number of carboxylic acid groups (broad SMARTS) is 1. The van der Waals surface area contributed by atoms with Crippen LogP contribution in [0.5, 0.6) is 0 Å². The van der Waals surface area contributed by atoms with Crippen molar-refractivity contribution >= 4 is 23.5 Å². The Bertz CT molecular complexity index is 1220. The minimum atomic E-state index is -0.886. The first kappa shape index (κ1) is 33.7. The highest BCUT2D eigenvalue weighted by molar-refractivity contribution is 5.96. The molecular weight excluding hydrogens is 556 g/mol. The van der Waals surface area contributed by atoms with Gasteiger partial charge in [0.15, 0.2) is 0 Å². The second kappa shape index (κ2) is 20.2. The molecule has 0 unspecified atom stereocenters. The van der Waals surface area contributed by atoms with Crippen LogP contribution in [0.1, 0.15) is 36.0 Å². The molecule has 2 aromatic carbocycles. The summed E-state index contributed by atoms with van der Waals surface area (Å²) in [5, 5.41) is 11.3. The van der Waals surface area contributed by atoms with E-state index in [0.717, 1.165) is 22.4 Å². The molecule has 1 aliphatic heterocycles. The number of fused-ring (bicyclic) bond motifs is 2. The average molecular weight is 597 g/mol. The highest BCUT2D eigenvalue weighted by Gasteiger charge is 2.21. The van der Waals surface area contributed by atoms with Crippen LogP contribution in [0.15, 0.2) is 48.5 Å². The number of hydrogen-bond acceptors (Lipinski definition) is 8. The molecule has 2 aromatic rings. The molecule has 2 N–H and O–H groups in total. The normalized spacial score (nSPS) is 11.9. The van der Waals surface area contributed by atoms with Gasteiger partial charge in [0, 0.05) is 30.5 Å². The monoisotopic (exact) mass is 596 g/mol. The number of amides is 2. The van der Waals surface area contributed by atoms with E-state index in [4.69, 9.17) is 28.8 Å². The van der Waals surface area contributed by atoms with Crippen molar-refractivity contribution in [3.8, 4) is 11.8 Å². The Morgan fingerprint density at radius 2 is 1.21 bits per heavy atom. The van der Waals surface area contributed by atoms with Gasteiger partial charge in [-0.25, -0.2) is 0 Å². The minimum Gasteiger partial charge on any atom is -0.481 e. The third-order valence-electron chi connectivity index (χ3n) is 6.26. The zero-order chi connectivity index (χ0) is 30.5. The summed E-state index contributed by atoms with van der Waals surface area (Å²) < 4.78 is 26.8. The van der Waals surface area contributed by atoms with Gasteiger partial charge in [0.25, 0.3) is 0 Å². The molecule has 11 nitrogen and oxygen atoms in total. The number of para-hydroxylation sites is 1. The number of rotatable bonds is 21. The molecule has 3 rings (SSSR count). The molecule has 2 amide bonds. The predicted octanol–water partition coefficient (Wildman–Crippen LogP) is 2.39. The first-order valence-electron chi connectivity index (χ1n) is 14.4. The van der Waals surface area contributed by atoms with E-state index in [1.54, 1.807) is 4.90 Å². The Balaban J connectivity index is 1.19. The van der Waals surface area contributed by atoms with Crippen LogP contribution in [-0.2, 0) is 44.6 Å². The fraction of sp³-hybridized carbons (Fsp3) is 0.469. The van der Waals surface area contributed by atoms with Crippen LogP contribution < -0.4 is 10.2 Å². The number of carbonyl (C=O) groups excluding carboxylic acids is 2. The van der Waals surface area contributed by atoms with Crippen LogP contribution in [0, 0.1) is 11.8 Å². The first-order chi connectivity index (χ1) is 21.0. The van der Waals surface area contributed by atoms with Crippen LogP contribution in [0.2, 0.25) is 0 Å². The lowest BCUT2D eigenvalue weighted by molar-refractivity contribution is -0.138. The van der Waals surface area contributed by atoms with Crippen LogP contribution in [0.25, 0.3) is 0 Å². The van der Waals surface area contributed by atoms with Gasteiger partial charge >= 0.3 is 5.97 Å². The van der Waals surface area contributed by atoms with Crippen molar-refractivity contribution in [3.05, 3.63) is 65.2 Å². The van der Waals surface area contributed by atoms with Crippen LogP contribution in [-0.4, -0.2) is 95.5 Å². The van der Waals surface area contributed by atoms with Crippen molar-refractivity contribution in [1.29, 1.82) is 0 Å². The van der Waals surface area contributed by atoms with E-state index in [1.807, 2.05) is 48.5 Å². The molecule has 0 radical (unpaired) electrons. The maximum absolute atomic E-state index is 13.2. The van der Waals surface area contributed by atoms with Gasteiger partial charge in [-0.15, -0.1) is 0 Å². The molecule has 0 bridgehead atoms. The van der Waals surface area contributed by atoms with E-state index in [-0.39, 0.29) is 37.7 Å². The van der Waals surface area contributed by atoms with E-state index >= 15 is 0 Å². The number of hydrogen-bond donors (Lipinski definition) is 2. The molecule has 0 saturated carbocycles. The standard InChI is InChI=1S/C32H40N2O9/c35-30(33-14-16-40-18-20-42-22-24-43-23-21-41-19-17-39-15-13-32(37)38)11-12-31(36)34-25-28-7-2-1-5-26(28)9-10-27-6-3-4-8-29(27)34/h1-8H,11-25H2,(H,33,35)(H,37,38). The number of nitrogens with one attached hydrogen (secondary N) is 1. The van der Waals surface area contributed by atoms with Gasteiger partial charge in [0.2, 0.25) is 11.8 Å². The summed E-state index contributed by atoms with van der Waals surface area (Å²) in [5.74, 6) is 5.15. The predicted molar refractivity (Wildman–Crippen MR) is 159 cm³/mol. The largest absolute Gasteiger partial charge is 0.481 e. The topological polar surface area (TPSA) is 133 Å². The van der Waals surface area contributed by atoms with Crippen molar-refractivity contribution in [1.82, 2.24) is 5.32 Å². The lowest BCUT2D eigenvalue weighted by Gasteiger charge is -2.26. The zero-order valence-electron chi connectivity index (χ0n) is 24.4. The van der Waals surface area contributed by atoms with Gasteiger partial charge in [-0.2, -0.15) is 0 Å². The summed E-state index contributed by atoms with van der Waals surface area (Å²) >= 11 is 0. The van der Waals surface area contributed by atoms with Gasteiger partial charge in [0.1, 0.15) is 0 Å². The van der Waals surface area contributed by atoms with Gasteiger partial charge in [-0.1, -0.05) is 42.2 Å². The molecule has 0 aliphatic carbocycles. The number of benzene rings is 2. The lowest BCUT2D eigenvalue weighted by Crippen LogP contribution is -2.34. The number of anilines is 1. The molecule has 0 fully saturated rings. The number of carboxylic acids is 1.